The number of ether oxygens (including phenoxy) is 2. The summed E-state index contributed by atoms with van der Waals surface area (Å²) in [5.41, 5.74) is 1.29. The highest BCUT2D eigenvalue weighted by Crippen LogP contribution is 2.33. The van der Waals surface area contributed by atoms with Crippen molar-refractivity contribution in [2.24, 2.45) is 5.92 Å². The topological polar surface area (TPSA) is 18.5 Å². The van der Waals surface area contributed by atoms with Crippen molar-refractivity contribution in [2.75, 3.05) is 13.2 Å². The molecule has 0 spiro atoms. The van der Waals surface area contributed by atoms with E-state index < -0.39 is 0 Å². The van der Waals surface area contributed by atoms with Gasteiger partial charge in [0.25, 0.3) is 0 Å². The average molecular weight is 262 g/mol. The highest BCUT2D eigenvalue weighted by molar-refractivity contribution is 5.28. The van der Waals surface area contributed by atoms with Crippen LogP contribution in [0.1, 0.15) is 57.6 Å². The van der Waals surface area contributed by atoms with Gasteiger partial charge in [0.05, 0.1) is 19.3 Å². The highest BCUT2D eigenvalue weighted by Gasteiger charge is 2.22. The van der Waals surface area contributed by atoms with Gasteiger partial charge in [-0.1, -0.05) is 31.9 Å². The Hall–Kier alpha value is -1.02. The van der Waals surface area contributed by atoms with Crippen LogP contribution in [0.15, 0.2) is 24.3 Å². The Kier molecular flexibility index (Phi) is 5.71. The minimum atomic E-state index is 0.286. The van der Waals surface area contributed by atoms with E-state index in [4.69, 9.17) is 9.47 Å². The molecule has 1 aliphatic heterocycles. The molecule has 1 heterocycles. The quantitative estimate of drug-likeness (QED) is 0.737. The van der Waals surface area contributed by atoms with E-state index >= 15 is 0 Å². The van der Waals surface area contributed by atoms with Crippen LogP contribution in [0.4, 0.5) is 0 Å². The van der Waals surface area contributed by atoms with Gasteiger partial charge < -0.3 is 9.47 Å². The summed E-state index contributed by atoms with van der Waals surface area (Å²) in [7, 11) is 0. The Balaban J connectivity index is 1.83. The summed E-state index contributed by atoms with van der Waals surface area (Å²) in [5, 5.41) is 0. The maximum atomic E-state index is 6.03. The second-order valence-electron chi connectivity index (χ2n) is 5.41. The van der Waals surface area contributed by atoms with Crippen LogP contribution in [-0.2, 0) is 4.74 Å². The lowest BCUT2D eigenvalue weighted by Crippen LogP contribution is -2.20. The van der Waals surface area contributed by atoms with Gasteiger partial charge in [-0.3, -0.25) is 0 Å². The molecule has 0 N–H and O–H groups in total. The minimum absolute atomic E-state index is 0.286. The molecule has 1 aliphatic rings. The van der Waals surface area contributed by atoms with E-state index in [0.717, 1.165) is 31.3 Å². The van der Waals surface area contributed by atoms with Gasteiger partial charge >= 0.3 is 0 Å². The predicted molar refractivity (Wildman–Crippen MR) is 78.6 cm³/mol. The maximum absolute atomic E-state index is 6.03. The van der Waals surface area contributed by atoms with Crippen LogP contribution in [0.5, 0.6) is 5.75 Å². The summed E-state index contributed by atoms with van der Waals surface area (Å²) < 4.78 is 11.5. The zero-order valence-electron chi connectivity index (χ0n) is 12.2. The predicted octanol–water partition coefficient (Wildman–Crippen LogP) is 4.74. The summed E-state index contributed by atoms with van der Waals surface area (Å²) in [6.07, 6.45) is 6.70. The highest BCUT2D eigenvalue weighted by atomic mass is 16.5. The van der Waals surface area contributed by atoms with Gasteiger partial charge in [0.15, 0.2) is 0 Å². The van der Waals surface area contributed by atoms with Gasteiger partial charge in [-0.15, -0.1) is 0 Å². The third kappa shape index (κ3) is 4.24. The molecule has 1 aromatic carbocycles. The molecule has 2 atom stereocenters. The largest absolute Gasteiger partial charge is 0.494 e. The lowest BCUT2D eigenvalue weighted by atomic mass is 9.91. The molecule has 0 amide bonds. The number of hydrogen-bond acceptors (Lipinski definition) is 2. The van der Waals surface area contributed by atoms with E-state index in [9.17, 15) is 0 Å². The van der Waals surface area contributed by atoms with Crippen LogP contribution in [0.25, 0.3) is 0 Å². The molecule has 1 fully saturated rings. The van der Waals surface area contributed by atoms with Gasteiger partial charge in [0, 0.05) is 0 Å². The molecule has 0 aromatic heterocycles. The smallest absolute Gasteiger partial charge is 0.119 e. The van der Waals surface area contributed by atoms with Crippen LogP contribution in [0, 0.1) is 5.92 Å². The van der Waals surface area contributed by atoms with E-state index in [2.05, 4.69) is 19.1 Å². The Morgan fingerprint density at radius 1 is 1.16 bits per heavy atom. The molecule has 1 aromatic rings. The first-order valence-electron chi connectivity index (χ1n) is 7.67. The minimum Gasteiger partial charge on any atom is -0.494 e. The molecule has 2 heteroatoms. The molecule has 2 rings (SSSR count). The standard InChI is InChI=1S/C17H26O2/c1-3-5-6-14-7-12-17(19-13-14)15-8-10-16(11-9-15)18-4-2/h8-11,14,17H,3-7,12-13H2,1-2H3. The molecule has 19 heavy (non-hydrogen) atoms. The molecular weight excluding hydrogens is 236 g/mol. The van der Waals surface area contributed by atoms with Crippen molar-refractivity contribution in [3.05, 3.63) is 29.8 Å². The van der Waals surface area contributed by atoms with E-state index in [1.807, 2.05) is 19.1 Å². The van der Waals surface area contributed by atoms with Crippen LogP contribution in [-0.4, -0.2) is 13.2 Å². The lowest BCUT2D eigenvalue weighted by Gasteiger charge is -2.29. The fraction of sp³-hybridized carbons (Fsp3) is 0.647. The van der Waals surface area contributed by atoms with Crippen LogP contribution < -0.4 is 4.74 Å². The van der Waals surface area contributed by atoms with Crippen molar-refractivity contribution in [3.8, 4) is 5.75 Å². The molecule has 1 saturated heterocycles. The molecule has 0 saturated carbocycles. The number of unbranched alkanes of at least 4 members (excludes halogenated alkanes) is 1. The van der Waals surface area contributed by atoms with Gasteiger partial charge in [-0.05, 0) is 49.8 Å². The zero-order chi connectivity index (χ0) is 13.5. The molecule has 2 unspecified atom stereocenters. The van der Waals surface area contributed by atoms with Crippen molar-refractivity contribution in [1.82, 2.24) is 0 Å². The maximum Gasteiger partial charge on any atom is 0.119 e. The Morgan fingerprint density at radius 2 is 1.95 bits per heavy atom. The third-order valence-electron chi connectivity index (χ3n) is 3.90. The Bertz CT molecular complexity index is 350. The molecule has 0 radical (unpaired) electrons. The lowest BCUT2D eigenvalue weighted by molar-refractivity contribution is -0.0198. The van der Waals surface area contributed by atoms with Gasteiger partial charge in [-0.2, -0.15) is 0 Å². The molecular formula is C17H26O2. The van der Waals surface area contributed by atoms with E-state index in [1.54, 1.807) is 0 Å². The SMILES string of the molecule is CCCCC1CCC(c2ccc(OCC)cc2)OC1. The molecule has 2 nitrogen and oxygen atoms in total. The van der Waals surface area contributed by atoms with E-state index in [0.29, 0.717) is 0 Å². The van der Waals surface area contributed by atoms with Gasteiger partial charge in [0.1, 0.15) is 5.75 Å². The first-order valence-corrected chi connectivity index (χ1v) is 7.67. The first-order chi connectivity index (χ1) is 9.33. The van der Waals surface area contributed by atoms with Crippen molar-refractivity contribution in [3.63, 3.8) is 0 Å². The summed E-state index contributed by atoms with van der Waals surface area (Å²) in [6, 6.07) is 8.38. The van der Waals surface area contributed by atoms with Crippen molar-refractivity contribution in [1.29, 1.82) is 0 Å². The second kappa shape index (κ2) is 7.54. The van der Waals surface area contributed by atoms with Crippen molar-refractivity contribution < 1.29 is 9.47 Å². The first kappa shape index (κ1) is 14.4. The van der Waals surface area contributed by atoms with Gasteiger partial charge in [0.2, 0.25) is 0 Å². The Morgan fingerprint density at radius 3 is 2.53 bits per heavy atom. The van der Waals surface area contributed by atoms with Crippen LogP contribution in [0.2, 0.25) is 0 Å². The van der Waals surface area contributed by atoms with E-state index in [-0.39, 0.29) is 6.10 Å². The third-order valence-corrected chi connectivity index (χ3v) is 3.90. The van der Waals surface area contributed by atoms with Gasteiger partial charge in [-0.25, -0.2) is 0 Å². The van der Waals surface area contributed by atoms with Crippen molar-refractivity contribution >= 4 is 0 Å². The zero-order valence-corrected chi connectivity index (χ0v) is 12.2. The summed E-state index contributed by atoms with van der Waals surface area (Å²) in [6.45, 7) is 5.91. The normalized spacial score (nSPS) is 23.3. The average Bonchev–Trinajstić information content (AvgIpc) is 2.47. The molecule has 0 aliphatic carbocycles. The van der Waals surface area contributed by atoms with Crippen molar-refractivity contribution in [2.45, 2.75) is 52.1 Å². The number of rotatable bonds is 6. The summed E-state index contributed by atoms with van der Waals surface area (Å²) in [4.78, 5) is 0. The van der Waals surface area contributed by atoms with Crippen LogP contribution in [0.3, 0.4) is 0 Å². The number of benzene rings is 1. The fourth-order valence-electron chi connectivity index (χ4n) is 2.73. The monoisotopic (exact) mass is 262 g/mol. The van der Waals surface area contributed by atoms with E-state index in [1.165, 1.54) is 31.2 Å². The van der Waals surface area contributed by atoms with Crippen LogP contribution >= 0.6 is 0 Å². The summed E-state index contributed by atoms with van der Waals surface area (Å²) >= 11 is 0. The molecule has 106 valence electrons. The fourth-order valence-corrected chi connectivity index (χ4v) is 2.73. The number of hydrogen-bond donors (Lipinski definition) is 0. The summed E-state index contributed by atoms with van der Waals surface area (Å²) in [5.74, 6) is 1.72. The molecule has 0 bridgehead atoms. The Labute approximate surface area is 117 Å². The second-order valence-corrected chi connectivity index (χ2v) is 5.41.